The molecule has 1 aliphatic rings. The van der Waals surface area contributed by atoms with E-state index in [-0.39, 0.29) is 18.5 Å². The van der Waals surface area contributed by atoms with Crippen LogP contribution in [0.3, 0.4) is 0 Å². The Morgan fingerprint density at radius 2 is 1.56 bits per heavy atom. The molecule has 0 saturated heterocycles. The zero-order valence-electron chi connectivity index (χ0n) is 19.9. The van der Waals surface area contributed by atoms with Gasteiger partial charge in [0.2, 0.25) is 0 Å². The van der Waals surface area contributed by atoms with Gasteiger partial charge in [0.25, 0.3) is 5.91 Å². The van der Waals surface area contributed by atoms with Crippen LogP contribution in [0.5, 0.6) is 0 Å². The van der Waals surface area contributed by atoms with E-state index in [1.807, 2.05) is 58.9 Å². The van der Waals surface area contributed by atoms with Gasteiger partial charge < -0.3 is 9.47 Å². The third kappa shape index (κ3) is 4.47. The third-order valence-corrected chi connectivity index (χ3v) is 5.57. The fourth-order valence-corrected chi connectivity index (χ4v) is 4.06. The number of rotatable bonds is 7. The Hall–Kier alpha value is -2.96. The molecule has 3 rings (SSSR count). The molecule has 170 valence electrons. The molecule has 1 heterocycles. The number of aryl methyl sites for hydroxylation is 4. The quantitative estimate of drug-likeness (QED) is 0.345. The van der Waals surface area contributed by atoms with Crippen molar-refractivity contribution >= 4 is 17.4 Å². The largest absolute Gasteiger partial charge is 0.424 e. The van der Waals surface area contributed by atoms with Gasteiger partial charge in [0.15, 0.2) is 6.79 Å². The Morgan fingerprint density at radius 1 is 0.969 bits per heavy atom. The predicted octanol–water partition coefficient (Wildman–Crippen LogP) is 5.03. The normalized spacial score (nSPS) is 15.5. The molecule has 6 nitrogen and oxygen atoms in total. The topological polar surface area (TPSA) is 65.1 Å². The van der Waals surface area contributed by atoms with Crippen molar-refractivity contribution in [1.82, 2.24) is 5.06 Å². The lowest BCUT2D eigenvalue weighted by atomic mass is 9.91. The van der Waals surface area contributed by atoms with Crippen molar-refractivity contribution in [3.8, 4) is 0 Å². The van der Waals surface area contributed by atoms with Crippen molar-refractivity contribution in [3.63, 3.8) is 0 Å². The first-order valence-corrected chi connectivity index (χ1v) is 10.7. The van der Waals surface area contributed by atoms with Crippen molar-refractivity contribution in [2.24, 2.45) is 0 Å². The highest BCUT2D eigenvalue weighted by Gasteiger charge is 2.50. The summed E-state index contributed by atoms with van der Waals surface area (Å²) in [7, 11) is 0. The van der Waals surface area contributed by atoms with Gasteiger partial charge in [-0.2, -0.15) is 0 Å². The van der Waals surface area contributed by atoms with Crippen LogP contribution in [0.15, 0.2) is 42.2 Å². The molecule has 0 spiro atoms. The minimum Gasteiger partial charge on any atom is -0.424 e. The van der Waals surface area contributed by atoms with Crippen LogP contribution in [0, 0.1) is 27.7 Å². The molecule has 0 radical (unpaired) electrons. The molecule has 0 aliphatic carbocycles. The smallest absolute Gasteiger partial charge is 0.343 e. The van der Waals surface area contributed by atoms with Crippen LogP contribution in [0.2, 0.25) is 0 Å². The summed E-state index contributed by atoms with van der Waals surface area (Å²) in [5, 5.41) is 1.24. The van der Waals surface area contributed by atoms with E-state index in [1.165, 1.54) is 5.06 Å². The molecule has 0 atom stereocenters. The van der Waals surface area contributed by atoms with Crippen molar-refractivity contribution in [2.75, 3.05) is 13.4 Å². The van der Waals surface area contributed by atoms with Crippen molar-refractivity contribution in [1.29, 1.82) is 0 Å². The second kappa shape index (κ2) is 9.27. The van der Waals surface area contributed by atoms with Crippen molar-refractivity contribution in [2.45, 2.75) is 54.0 Å². The third-order valence-electron chi connectivity index (χ3n) is 5.57. The standard InChI is InChI=1S/C26H31NO5/c1-8-30-15-31-27-24(28)22(21-18(4)13-17(3)14-19(21)5)23(26(27,6)7)32-25(29)20-11-9-16(2)10-12-20/h9-14H,8,15H2,1-7H3. The number of ether oxygens (including phenoxy) is 2. The van der Waals surface area contributed by atoms with Crippen LogP contribution < -0.4 is 0 Å². The molecule has 1 amide bonds. The van der Waals surface area contributed by atoms with Crippen molar-refractivity contribution in [3.05, 3.63) is 75.5 Å². The van der Waals surface area contributed by atoms with E-state index in [0.717, 1.165) is 27.8 Å². The minimum absolute atomic E-state index is 0.0794. The van der Waals surface area contributed by atoms with Crippen LogP contribution in [0.4, 0.5) is 0 Å². The van der Waals surface area contributed by atoms with E-state index in [0.29, 0.717) is 17.7 Å². The highest BCUT2D eigenvalue weighted by atomic mass is 16.8. The first-order valence-electron chi connectivity index (χ1n) is 10.7. The maximum Gasteiger partial charge on any atom is 0.343 e. The van der Waals surface area contributed by atoms with Gasteiger partial charge in [0.1, 0.15) is 11.3 Å². The molecule has 1 aliphatic heterocycles. The zero-order valence-corrected chi connectivity index (χ0v) is 19.9. The maximum absolute atomic E-state index is 13.6. The molecule has 0 N–H and O–H groups in total. The average Bonchev–Trinajstić information content (AvgIpc) is 2.88. The Balaban J connectivity index is 2.12. The van der Waals surface area contributed by atoms with E-state index < -0.39 is 11.5 Å². The summed E-state index contributed by atoms with van der Waals surface area (Å²) in [5.74, 6) is -0.622. The Morgan fingerprint density at radius 3 is 2.12 bits per heavy atom. The summed E-state index contributed by atoms with van der Waals surface area (Å²) < 4.78 is 11.2. The number of hydrogen-bond acceptors (Lipinski definition) is 5. The summed E-state index contributed by atoms with van der Waals surface area (Å²) in [5.41, 5.74) is 4.47. The van der Waals surface area contributed by atoms with Crippen LogP contribution in [-0.2, 0) is 19.1 Å². The summed E-state index contributed by atoms with van der Waals surface area (Å²) in [4.78, 5) is 32.3. The van der Waals surface area contributed by atoms with Crippen LogP contribution in [-0.4, -0.2) is 35.9 Å². The van der Waals surface area contributed by atoms with Crippen molar-refractivity contribution < 1.29 is 23.9 Å². The molecule has 0 fully saturated rings. The number of benzene rings is 2. The SMILES string of the molecule is CCOCON1C(=O)C(c2c(C)cc(C)cc2C)=C(OC(=O)c2ccc(C)cc2)C1(C)C. The van der Waals surface area contributed by atoms with Gasteiger partial charge in [-0.05, 0) is 77.3 Å². The Bertz CT molecular complexity index is 1040. The van der Waals surface area contributed by atoms with Gasteiger partial charge in [0, 0.05) is 6.61 Å². The highest BCUT2D eigenvalue weighted by molar-refractivity contribution is 6.23. The summed E-state index contributed by atoms with van der Waals surface area (Å²) >= 11 is 0. The molecule has 0 aromatic heterocycles. The molecular formula is C26H31NO5. The lowest BCUT2D eigenvalue weighted by Crippen LogP contribution is -2.44. The first-order chi connectivity index (χ1) is 15.1. The fourth-order valence-electron chi connectivity index (χ4n) is 4.06. The summed E-state index contributed by atoms with van der Waals surface area (Å²) in [6.07, 6.45) is 0. The molecule has 6 heteroatoms. The Labute approximate surface area is 189 Å². The van der Waals surface area contributed by atoms with Crippen LogP contribution >= 0.6 is 0 Å². The molecule has 2 aromatic rings. The fraction of sp³-hybridized carbons (Fsp3) is 0.385. The molecule has 32 heavy (non-hydrogen) atoms. The molecule has 0 bridgehead atoms. The second-order valence-electron chi connectivity index (χ2n) is 8.63. The first kappa shape index (κ1) is 23.7. The number of nitrogens with zero attached hydrogens (tertiary/aromatic N) is 1. The van der Waals surface area contributed by atoms with E-state index in [4.69, 9.17) is 14.3 Å². The second-order valence-corrected chi connectivity index (χ2v) is 8.63. The number of hydrogen-bond donors (Lipinski definition) is 0. The average molecular weight is 438 g/mol. The molecular weight excluding hydrogens is 406 g/mol. The van der Waals surface area contributed by atoms with Crippen LogP contribution in [0.1, 0.15) is 58.9 Å². The lowest BCUT2D eigenvalue weighted by molar-refractivity contribution is -0.242. The molecule has 0 saturated carbocycles. The summed E-state index contributed by atoms with van der Waals surface area (Å²) in [6.45, 7) is 13.7. The molecule has 2 aromatic carbocycles. The van der Waals surface area contributed by atoms with Crippen LogP contribution in [0.25, 0.3) is 5.57 Å². The number of carbonyl (C=O) groups excluding carboxylic acids is 2. The minimum atomic E-state index is -1.02. The maximum atomic E-state index is 13.6. The van der Waals surface area contributed by atoms with Gasteiger partial charge >= 0.3 is 5.97 Å². The monoisotopic (exact) mass is 437 g/mol. The van der Waals surface area contributed by atoms with Gasteiger partial charge in [0.05, 0.1) is 11.1 Å². The predicted molar refractivity (Wildman–Crippen MR) is 123 cm³/mol. The van der Waals surface area contributed by atoms with Gasteiger partial charge in [-0.15, -0.1) is 0 Å². The van der Waals surface area contributed by atoms with E-state index in [9.17, 15) is 9.59 Å². The highest BCUT2D eigenvalue weighted by Crippen LogP contribution is 2.43. The van der Waals surface area contributed by atoms with E-state index in [2.05, 4.69) is 0 Å². The summed E-state index contributed by atoms with van der Waals surface area (Å²) in [6, 6.07) is 11.2. The Kier molecular flexibility index (Phi) is 6.86. The number of carbonyl (C=O) groups is 2. The number of esters is 1. The number of hydroxylamine groups is 2. The van der Waals surface area contributed by atoms with E-state index in [1.54, 1.807) is 26.0 Å². The number of amides is 1. The lowest BCUT2D eigenvalue weighted by Gasteiger charge is -2.31. The van der Waals surface area contributed by atoms with Gasteiger partial charge in [-0.25, -0.2) is 14.7 Å². The van der Waals surface area contributed by atoms with Gasteiger partial charge in [-0.3, -0.25) is 4.79 Å². The molecule has 0 unspecified atom stereocenters. The van der Waals surface area contributed by atoms with Gasteiger partial charge in [-0.1, -0.05) is 35.4 Å². The zero-order chi connectivity index (χ0) is 23.6. The van der Waals surface area contributed by atoms with E-state index >= 15 is 0 Å².